The third-order valence-corrected chi connectivity index (χ3v) is 8.49. The van der Waals surface area contributed by atoms with Gasteiger partial charge in [0.05, 0.1) is 43.0 Å². The van der Waals surface area contributed by atoms with E-state index in [1.807, 2.05) is 44.2 Å². The van der Waals surface area contributed by atoms with Gasteiger partial charge in [-0.3, -0.25) is 0 Å². The molecule has 0 bridgehead atoms. The summed E-state index contributed by atoms with van der Waals surface area (Å²) < 4.78 is 33.7. The molecule has 10 nitrogen and oxygen atoms in total. The van der Waals surface area contributed by atoms with Gasteiger partial charge >= 0.3 is 23.9 Å². The van der Waals surface area contributed by atoms with Gasteiger partial charge in [-0.2, -0.15) is 0 Å². The summed E-state index contributed by atoms with van der Waals surface area (Å²) in [5.74, 6) is -0.803. The summed E-state index contributed by atoms with van der Waals surface area (Å²) in [4.78, 5) is 49.7. The molecule has 0 radical (unpaired) electrons. The molecule has 54 heavy (non-hydrogen) atoms. The van der Waals surface area contributed by atoms with E-state index in [2.05, 4.69) is 13.2 Å². The van der Waals surface area contributed by atoms with Gasteiger partial charge in [0.25, 0.3) is 6.29 Å². The number of carbonyl (C=O) groups is 4. The fraction of sp³-hybridized carbons (Fsp3) is 0.409. The number of benzene rings is 3. The van der Waals surface area contributed by atoms with Gasteiger partial charge in [0.1, 0.15) is 11.5 Å². The van der Waals surface area contributed by atoms with Crippen LogP contribution >= 0.6 is 0 Å². The first-order valence-electron chi connectivity index (χ1n) is 18.5. The van der Waals surface area contributed by atoms with Crippen molar-refractivity contribution in [1.29, 1.82) is 0 Å². The first kappa shape index (κ1) is 43.0. The molecule has 0 N–H and O–H groups in total. The van der Waals surface area contributed by atoms with Crippen molar-refractivity contribution in [3.05, 3.63) is 120 Å². The minimum Gasteiger partial charge on any atom is -0.494 e. The highest BCUT2D eigenvalue weighted by Crippen LogP contribution is 2.31. The van der Waals surface area contributed by atoms with Gasteiger partial charge in [-0.05, 0) is 133 Å². The van der Waals surface area contributed by atoms with Crippen molar-refractivity contribution in [1.82, 2.24) is 0 Å². The Labute approximate surface area is 319 Å². The summed E-state index contributed by atoms with van der Waals surface area (Å²) in [6.07, 6.45) is 5.61. The number of hydrogen-bond donors (Lipinski definition) is 0. The van der Waals surface area contributed by atoms with Crippen LogP contribution < -0.4 is 9.47 Å². The Kier molecular flexibility index (Phi) is 18.0. The predicted molar refractivity (Wildman–Crippen MR) is 206 cm³/mol. The van der Waals surface area contributed by atoms with Crippen LogP contribution in [-0.2, 0) is 34.0 Å². The number of ether oxygens (including phenoxy) is 6. The van der Waals surface area contributed by atoms with Gasteiger partial charge in [-0.15, -0.1) is 0 Å². The Hall–Kier alpha value is -5.38. The maximum atomic E-state index is 13.4. The van der Waals surface area contributed by atoms with E-state index in [1.165, 1.54) is 0 Å². The Morgan fingerprint density at radius 2 is 0.907 bits per heavy atom. The van der Waals surface area contributed by atoms with Gasteiger partial charge in [-0.1, -0.05) is 43.5 Å². The molecule has 0 aromatic heterocycles. The molecule has 3 aromatic rings. The third kappa shape index (κ3) is 14.9. The van der Waals surface area contributed by atoms with Crippen LogP contribution in [0.3, 0.4) is 0 Å². The molecule has 0 aliphatic rings. The van der Waals surface area contributed by atoms with Crippen molar-refractivity contribution >= 4 is 23.9 Å². The minimum absolute atomic E-state index is 0.282. The summed E-state index contributed by atoms with van der Waals surface area (Å²) in [5.41, 5.74) is 1.28. The van der Waals surface area contributed by atoms with Crippen LogP contribution in [0, 0.1) is 0 Å². The maximum Gasteiger partial charge on any atom is 0.341 e. The first-order chi connectivity index (χ1) is 25.9. The van der Waals surface area contributed by atoms with E-state index >= 15 is 0 Å². The molecular formula is C44H54O10. The van der Waals surface area contributed by atoms with E-state index in [4.69, 9.17) is 28.4 Å². The van der Waals surface area contributed by atoms with Crippen molar-refractivity contribution in [2.24, 2.45) is 0 Å². The van der Waals surface area contributed by atoms with E-state index in [9.17, 15) is 19.2 Å². The number of esters is 4. The van der Waals surface area contributed by atoms with Crippen molar-refractivity contribution in [3.63, 3.8) is 0 Å². The molecule has 3 aromatic carbocycles. The highest BCUT2D eigenvalue weighted by Gasteiger charge is 2.38. The molecule has 0 aliphatic heterocycles. The van der Waals surface area contributed by atoms with Crippen molar-refractivity contribution in [2.75, 3.05) is 26.4 Å². The van der Waals surface area contributed by atoms with Crippen LogP contribution in [0.25, 0.3) is 0 Å². The quantitative estimate of drug-likeness (QED) is 0.0289. The zero-order valence-electron chi connectivity index (χ0n) is 32.1. The molecule has 0 saturated carbocycles. The molecule has 290 valence electrons. The fourth-order valence-electron chi connectivity index (χ4n) is 5.10. The average molecular weight is 743 g/mol. The number of hydrogen-bond acceptors (Lipinski definition) is 10. The summed E-state index contributed by atoms with van der Waals surface area (Å²) in [6.45, 7) is 15.8. The Balaban J connectivity index is 1.50. The van der Waals surface area contributed by atoms with Crippen LogP contribution in [0.5, 0.6) is 11.5 Å². The topological polar surface area (TPSA) is 124 Å². The molecule has 0 fully saturated rings. The first-order valence-corrected chi connectivity index (χ1v) is 18.5. The largest absolute Gasteiger partial charge is 0.494 e. The van der Waals surface area contributed by atoms with Gasteiger partial charge in [0, 0.05) is 11.1 Å². The molecule has 0 saturated heterocycles. The van der Waals surface area contributed by atoms with E-state index in [0.29, 0.717) is 49.1 Å². The van der Waals surface area contributed by atoms with Crippen LogP contribution in [0.4, 0.5) is 0 Å². The summed E-state index contributed by atoms with van der Waals surface area (Å²) in [5, 5.41) is 0. The summed E-state index contributed by atoms with van der Waals surface area (Å²) in [7, 11) is 0. The van der Waals surface area contributed by atoms with E-state index in [-0.39, 0.29) is 23.1 Å². The number of carbonyl (C=O) groups excluding carboxylic acids is 4. The van der Waals surface area contributed by atoms with Crippen LogP contribution in [0.1, 0.15) is 105 Å². The molecule has 0 amide bonds. The zero-order valence-corrected chi connectivity index (χ0v) is 32.1. The van der Waals surface area contributed by atoms with Crippen LogP contribution in [-0.4, -0.2) is 56.6 Å². The lowest BCUT2D eigenvalue weighted by atomic mass is 9.84. The lowest BCUT2D eigenvalue weighted by Gasteiger charge is -2.33. The summed E-state index contributed by atoms with van der Waals surface area (Å²) in [6, 6.07) is 22.7. The highest BCUT2D eigenvalue weighted by molar-refractivity contribution is 5.91. The van der Waals surface area contributed by atoms with Gasteiger partial charge in [-0.25, -0.2) is 19.2 Å². The third-order valence-electron chi connectivity index (χ3n) is 8.49. The molecular weight excluding hydrogens is 688 g/mol. The molecule has 10 heteroatoms. The van der Waals surface area contributed by atoms with Crippen LogP contribution in [0.15, 0.2) is 103 Å². The van der Waals surface area contributed by atoms with Gasteiger partial charge in [0.2, 0.25) is 0 Å². The van der Waals surface area contributed by atoms with Crippen LogP contribution in [0.2, 0.25) is 0 Å². The number of unbranched alkanes of at least 4 members (excludes halogenated alkanes) is 6. The average Bonchev–Trinajstić information content (AvgIpc) is 3.17. The lowest BCUT2D eigenvalue weighted by Crippen LogP contribution is -2.41. The van der Waals surface area contributed by atoms with Crippen molar-refractivity contribution < 1.29 is 47.6 Å². The van der Waals surface area contributed by atoms with Gasteiger partial charge in [0.15, 0.2) is 0 Å². The molecule has 0 atom stereocenters. The van der Waals surface area contributed by atoms with Crippen molar-refractivity contribution in [2.45, 2.75) is 90.8 Å². The Morgan fingerprint density at radius 1 is 0.537 bits per heavy atom. The second-order valence-corrected chi connectivity index (χ2v) is 13.6. The summed E-state index contributed by atoms with van der Waals surface area (Å²) >= 11 is 0. The highest BCUT2D eigenvalue weighted by atomic mass is 16.7. The van der Waals surface area contributed by atoms with E-state index in [1.54, 1.807) is 62.4 Å². The molecule has 0 heterocycles. The monoisotopic (exact) mass is 742 g/mol. The molecule has 3 rings (SSSR count). The second kappa shape index (κ2) is 22.6. The molecule has 0 spiro atoms. The number of rotatable bonds is 24. The molecule has 0 unspecified atom stereocenters. The fourth-order valence-corrected chi connectivity index (χ4v) is 5.10. The Morgan fingerprint density at radius 3 is 1.28 bits per heavy atom. The maximum absolute atomic E-state index is 13.4. The van der Waals surface area contributed by atoms with Crippen molar-refractivity contribution in [3.8, 4) is 11.5 Å². The smallest absolute Gasteiger partial charge is 0.341 e. The van der Waals surface area contributed by atoms with E-state index < -0.39 is 23.6 Å². The Bertz CT molecular complexity index is 1560. The predicted octanol–water partition coefficient (Wildman–Crippen LogP) is 9.12. The minimum atomic E-state index is -1.25. The SMILES string of the molecule is C=C(C)C(=O)OCCCCCCOc1ccc(C(=O)OC(OC(=O)c2ccc(OCCCCCCOC(=O)C(=C)C)cc2)C(C)(C)c2ccccc2)cc1. The van der Waals surface area contributed by atoms with Gasteiger partial charge < -0.3 is 28.4 Å². The normalized spacial score (nSPS) is 11.0. The lowest BCUT2D eigenvalue weighted by molar-refractivity contribution is -0.139. The second-order valence-electron chi connectivity index (χ2n) is 13.6. The molecule has 0 aliphatic carbocycles. The standard InChI is InChI=1S/C44H54O10/c1-32(2)39(45)51-30-16-9-7-14-28-49-37-24-20-34(21-25-37)41(47)53-43(44(5,6)36-18-12-11-13-19-36)54-42(48)35-22-26-38(27-23-35)50-29-15-8-10-17-31-52-40(46)33(3)4/h11-13,18-27,43H,1,3,7-10,14-17,28-31H2,2,4-6H3. The zero-order chi connectivity index (χ0) is 39.3. The van der Waals surface area contributed by atoms with E-state index in [0.717, 1.165) is 56.9 Å².